The van der Waals surface area contributed by atoms with Gasteiger partial charge >= 0.3 is 0 Å². The molecule has 0 aliphatic heterocycles. The Morgan fingerprint density at radius 2 is 1.93 bits per heavy atom. The second-order valence-corrected chi connectivity index (χ2v) is 4.10. The second-order valence-electron chi connectivity index (χ2n) is 4.10. The average molecular weight is 203 g/mol. The van der Waals surface area contributed by atoms with Crippen molar-refractivity contribution in [2.24, 2.45) is 5.92 Å². The van der Waals surface area contributed by atoms with E-state index in [2.05, 4.69) is 12.2 Å². The van der Waals surface area contributed by atoms with Crippen molar-refractivity contribution in [2.75, 3.05) is 26.3 Å². The largest absolute Gasteiger partial charge is 0.396 e. The van der Waals surface area contributed by atoms with Gasteiger partial charge in [-0.1, -0.05) is 6.92 Å². The molecule has 0 amide bonds. The number of rotatable bonds is 9. The van der Waals surface area contributed by atoms with Crippen LogP contribution in [0.15, 0.2) is 0 Å². The molecule has 0 rings (SSSR count). The minimum atomic E-state index is 0.302. The molecule has 0 bridgehead atoms. The Morgan fingerprint density at radius 1 is 1.21 bits per heavy atom. The molecule has 0 aromatic carbocycles. The first-order valence-corrected chi connectivity index (χ1v) is 5.60. The van der Waals surface area contributed by atoms with Gasteiger partial charge in [0.15, 0.2) is 0 Å². The highest BCUT2D eigenvalue weighted by atomic mass is 16.5. The Labute approximate surface area is 87.8 Å². The van der Waals surface area contributed by atoms with Crippen molar-refractivity contribution in [3.8, 4) is 0 Å². The molecular formula is C11H25NO2. The average Bonchev–Trinajstić information content (AvgIpc) is 2.15. The number of hydrogen-bond acceptors (Lipinski definition) is 3. The van der Waals surface area contributed by atoms with E-state index in [9.17, 15) is 0 Å². The van der Waals surface area contributed by atoms with Gasteiger partial charge in [0.2, 0.25) is 0 Å². The second kappa shape index (κ2) is 9.44. The molecule has 0 aliphatic carbocycles. The van der Waals surface area contributed by atoms with E-state index in [0.29, 0.717) is 18.6 Å². The van der Waals surface area contributed by atoms with E-state index in [4.69, 9.17) is 9.84 Å². The van der Waals surface area contributed by atoms with Crippen LogP contribution in [0.3, 0.4) is 0 Å². The van der Waals surface area contributed by atoms with Crippen molar-refractivity contribution in [2.45, 2.75) is 39.7 Å². The smallest absolute Gasteiger partial charge is 0.0594 e. The molecule has 0 saturated carbocycles. The van der Waals surface area contributed by atoms with Crippen LogP contribution in [-0.4, -0.2) is 37.5 Å². The lowest BCUT2D eigenvalue weighted by Gasteiger charge is -2.09. The molecule has 0 saturated heterocycles. The summed E-state index contributed by atoms with van der Waals surface area (Å²) in [4.78, 5) is 0. The standard InChI is InChI=1S/C11H25NO2/c1-10(2)14-8-7-12-6-4-5-11(3)9-13/h10-13H,4-9H2,1-3H3. The fourth-order valence-electron chi connectivity index (χ4n) is 1.16. The van der Waals surface area contributed by atoms with Gasteiger partial charge in [0.1, 0.15) is 0 Å². The first-order valence-electron chi connectivity index (χ1n) is 5.60. The predicted molar refractivity (Wildman–Crippen MR) is 59.4 cm³/mol. The number of hydrogen-bond donors (Lipinski definition) is 2. The van der Waals surface area contributed by atoms with Crippen LogP contribution in [-0.2, 0) is 4.74 Å². The fraction of sp³-hybridized carbons (Fsp3) is 1.00. The van der Waals surface area contributed by atoms with E-state index >= 15 is 0 Å². The van der Waals surface area contributed by atoms with Gasteiger partial charge in [-0.15, -0.1) is 0 Å². The summed E-state index contributed by atoms with van der Waals surface area (Å²) < 4.78 is 5.39. The van der Waals surface area contributed by atoms with Crippen molar-refractivity contribution in [3.63, 3.8) is 0 Å². The molecule has 0 fully saturated rings. The Hall–Kier alpha value is -0.120. The maximum absolute atomic E-state index is 8.80. The van der Waals surface area contributed by atoms with Crippen LogP contribution in [0.2, 0.25) is 0 Å². The highest BCUT2D eigenvalue weighted by Gasteiger charge is 1.98. The number of ether oxygens (including phenoxy) is 1. The molecule has 2 N–H and O–H groups in total. The molecule has 0 spiro atoms. The van der Waals surface area contributed by atoms with E-state index in [1.807, 2.05) is 13.8 Å². The summed E-state index contributed by atoms with van der Waals surface area (Å²) in [5, 5.41) is 12.1. The van der Waals surface area contributed by atoms with Crippen molar-refractivity contribution < 1.29 is 9.84 Å². The van der Waals surface area contributed by atoms with Crippen LogP contribution in [0, 0.1) is 5.92 Å². The molecule has 86 valence electrons. The van der Waals surface area contributed by atoms with Gasteiger partial charge in [0.25, 0.3) is 0 Å². The van der Waals surface area contributed by atoms with Crippen LogP contribution in [0.5, 0.6) is 0 Å². The summed E-state index contributed by atoms with van der Waals surface area (Å²) in [6, 6.07) is 0. The zero-order valence-corrected chi connectivity index (χ0v) is 9.75. The molecule has 0 aliphatic rings. The van der Waals surface area contributed by atoms with E-state index in [1.165, 1.54) is 0 Å². The van der Waals surface area contributed by atoms with Crippen LogP contribution >= 0.6 is 0 Å². The van der Waals surface area contributed by atoms with Gasteiger partial charge in [-0.05, 0) is 39.2 Å². The molecule has 1 atom stereocenters. The molecule has 1 unspecified atom stereocenters. The topological polar surface area (TPSA) is 41.5 Å². The first kappa shape index (κ1) is 13.9. The lowest BCUT2D eigenvalue weighted by atomic mass is 10.1. The molecule has 0 aromatic heterocycles. The summed E-state index contributed by atoms with van der Waals surface area (Å²) in [5.74, 6) is 0.434. The van der Waals surface area contributed by atoms with Gasteiger partial charge in [-0.3, -0.25) is 0 Å². The van der Waals surface area contributed by atoms with E-state index < -0.39 is 0 Å². The third-order valence-electron chi connectivity index (χ3n) is 2.09. The highest BCUT2D eigenvalue weighted by molar-refractivity contribution is 4.53. The van der Waals surface area contributed by atoms with Crippen LogP contribution in [0.4, 0.5) is 0 Å². The quantitative estimate of drug-likeness (QED) is 0.557. The van der Waals surface area contributed by atoms with Crippen molar-refractivity contribution in [1.82, 2.24) is 5.32 Å². The van der Waals surface area contributed by atoms with E-state index in [-0.39, 0.29) is 0 Å². The van der Waals surface area contributed by atoms with Crippen molar-refractivity contribution in [3.05, 3.63) is 0 Å². The lowest BCUT2D eigenvalue weighted by Crippen LogP contribution is -2.22. The Balaban J connectivity index is 2.99. The van der Waals surface area contributed by atoms with E-state index in [1.54, 1.807) is 0 Å². The summed E-state index contributed by atoms with van der Waals surface area (Å²) in [6.45, 7) is 9.19. The third-order valence-corrected chi connectivity index (χ3v) is 2.09. The Kier molecular flexibility index (Phi) is 9.35. The summed E-state index contributed by atoms with van der Waals surface area (Å²) >= 11 is 0. The monoisotopic (exact) mass is 203 g/mol. The Bertz CT molecular complexity index is 118. The van der Waals surface area contributed by atoms with Gasteiger partial charge in [-0.2, -0.15) is 0 Å². The number of aliphatic hydroxyl groups is 1. The molecule has 0 heterocycles. The number of nitrogens with one attached hydrogen (secondary N) is 1. The molecular weight excluding hydrogens is 178 g/mol. The maximum Gasteiger partial charge on any atom is 0.0594 e. The van der Waals surface area contributed by atoms with Gasteiger partial charge in [0.05, 0.1) is 12.7 Å². The highest BCUT2D eigenvalue weighted by Crippen LogP contribution is 2.02. The SMILES string of the molecule is CC(CO)CCCNCCOC(C)C. The van der Waals surface area contributed by atoms with Crippen LogP contribution in [0.25, 0.3) is 0 Å². The normalized spacial score (nSPS) is 13.5. The minimum Gasteiger partial charge on any atom is -0.396 e. The first-order chi connectivity index (χ1) is 6.66. The predicted octanol–water partition coefficient (Wildman–Crippen LogP) is 1.41. The van der Waals surface area contributed by atoms with Crippen molar-refractivity contribution >= 4 is 0 Å². The zero-order chi connectivity index (χ0) is 10.8. The fourth-order valence-corrected chi connectivity index (χ4v) is 1.16. The molecule has 3 nitrogen and oxygen atoms in total. The van der Waals surface area contributed by atoms with Crippen molar-refractivity contribution in [1.29, 1.82) is 0 Å². The van der Waals surface area contributed by atoms with Gasteiger partial charge in [0, 0.05) is 13.2 Å². The third kappa shape index (κ3) is 9.96. The Morgan fingerprint density at radius 3 is 2.50 bits per heavy atom. The lowest BCUT2D eigenvalue weighted by molar-refractivity contribution is 0.0808. The molecule has 0 aromatic rings. The molecule has 3 heteroatoms. The molecule has 0 radical (unpaired) electrons. The summed E-state index contributed by atoms with van der Waals surface area (Å²) in [5.41, 5.74) is 0. The maximum atomic E-state index is 8.80. The minimum absolute atomic E-state index is 0.302. The van der Waals surface area contributed by atoms with E-state index in [0.717, 1.165) is 32.5 Å². The van der Waals surface area contributed by atoms with Crippen LogP contribution < -0.4 is 5.32 Å². The summed E-state index contributed by atoms with van der Waals surface area (Å²) in [6.07, 6.45) is 2.55. The zero-order valence-electron chi connectivity index (χ0n) is 9.75. The summed E-state index contributed by atoms with van der Waals surface area (Å²) in [7, 11) is 0. The van der Waals surface area contributed by atoms with Gasteiger partial charge < -0.3 is 15.2 Å². The van der Waals surface area contributed by atoms with Crippen LogP contribution in [0.1, 0.15) is 33.6 Å². The number of aliphatic hydroxyl groups excluding tert-OH is 1. The van der Waals surface area contributed by atoms with Gasteiger partial charge in [-0.25, -0.2) is 0 Å². The molecule has 14 heavy (non-hydrogen) atoms.